The van der Waals surface area contributed by atoms with Crippen LogP contribution in [0.5, 0.6) is 0 Å². The second-order valence-electron chi connectivity index (χ2n) is 6.11. The van der Waals surface area contributed by atoms with Crippen molar-refractivity contribution < 1.29 is 9.59 Å². The van der Waals surface area contributed by atoms with E-state index in [-0.39, 0.29) is 17.5 Å². The van der Waals surface area contributed by atoms with E-state index in [0.29, 0.717) is 29.1 Å². The van der Waals surface area contributed by atoms with E-state index in [0.717, 1.165) is 33.9 Å². The van der Waals surface area contributed by atoms with Crippen LogP contribution in [0.4, 0.5) is 5.69 Å². The van der Waals surface area contributed by atoms with Gasteiger partial charge in [-0.05, 0) is 36.1 Å². The molecular weight excluding hydrogens is 356 g/mol. The third-order valence-electron chi connectivity index (χ3n) is 4.76. The van der Waals surface area contributed by atoms with Crippen LogP contribution in [0, 0.1) is 0 Å². The van der Waals surface area contributed by atoms with Gasteiger partial charge >= 0.3 is 0 Å². The fourth-order valence-electron chi connectivity index (χ4n) is 3.50. The summed E-state index contributed by atoms with van der Waals surface area (Å²) < 4.78 is 0. The van der Waals surface area contributed by atoms with E-state index >= 15 is 0 Å². The number of pyridine rings is 1. The minimum Gasteiger partial charge on any atom is -0.268 e. The minimum atomic E-state index is -0.341. The van der Waals surface area contributed by atoms with Gasteiger partial charge in [-0.15, -0.1) is 11.8 Å². The third kappa shape index (κ3) is 2.41. The van der Waals surface area contributed by atoms with Crippen molar-refractivity contribution in [2.75, 3.05) is 10.7 Å². The second kappa shape index (κ2) is 6.15. The highest BCUT2D eigenvalue weighted by Crippen LogP contribution is 2.39. The number of thioether (sulfide) groups is 1. The van der Waals surface area contributed by atoms with Gasteiger partial charge < -0.3 is 0 Å². The summed E-state index contributed by atoms with van der Waals surface area (Å²) >= 11 is 8.04. The van der Waals surface area contributed by atoms with Crippen molar-refractivity contribution in [1.82, 2.24) is 4.98 Å². The van der Waals surface area contributed by atoms with E-state index < -0.39 is 0 Å². The van der Waals surface area contributed by atoms with Gasteiger partial charge in [0.05, 0.1) is 16.9 Å². The largest absolute Gasteiger partial charge is 0.284 e. The average molecular weight is 373 g/mol. The molecule has 0 spiro atoms. The Balaban J connectivity index is 1.90. The Morgan fingerprint density at radius 1 is 1.20 bits per heavy atom. The molecule has 2 aliphatic rings. The zero-order chi connectivity index (χ0) is 17.7. The highest BCUT2D eigenvalue weighted by atomic mass is 35.5. The molecule has 1 aromatic carbocycles. The Labute approximate surface area is 155 Å². The quantitative estimate of drug-likeness (QED) is 0.753. The van der Waals surface area contributed by atoms with Gasteiger partial charge in [-0.3, -0.25) is 9.59 Å². The van der Waals surface area contributed by atoms with Crippen LogP contribution in [0.15, 0.2) is 23.1 Å². The van der Waals surface area contributed by atoms with Crippen molar-refractivity contribution in [3.8, 4) is 0 Å². The zero-order valence-electron chi connectivity index (χ0n) is 14.1. The molecule has 0 unspecified atom stereocenters. The summed E-state index contributed by atoms with van der Waals surface area (Å²) in [7, 11) is 0. The number of amides is 2. The summed E-state index contributed by atoms with van der Waals surface area (Å²) in [6, 6.07) is 5.56. The lowest BCUT2D eigenvalue weighted by Gasteiger charge is -2.22. The van der Waals surface area contributed by atoms with Crippen LogP contribution in [0.1, 0.15) is 51.5 Å². The number of hydrogen-bond donors (Lipinski definition) is 0. The molecule has 6 heteroatoms. The van der Waals surface area contributed by atoms with Crippen molar-refractivity contribution in [1.29, 1.82) is 0 Å². The fraction of sp³-hybridized carbons (Fsp3) is 0.316. The third-order valence-corrected chi connectivity index (χ3v) is 6.19. The molecule has 0 fully saturated rings. The summed E-state index contributed by atoms with van der Waals surface area (Å²) in [6.45, 7) is 3.99. The van der Waals surface area contributed by atoms with Crippen LogP contribution in [0.25, 0.3) is 0 Å². The highest BCUT2D eigenvalue weighted by Gasteiger charge is 2.41. The number of halogens is 1. The van der Waals surface area contributed by atoms with Gasteiger partial charge in [-0.25, -0.2) is 9.88 Å². The molecule has 128 valence electrons. The molecule has 0 saturated carbocycles. The number of fused-ring (bicyclic) bond motifs is 2. The predicted molar refractivity (Wildman–Crippen MR) is 100 cm³/mol. The molecule has 4 nitrogen and oxygen atoms in total. The summed E-state index contributed by atoms with van der Waals surface area (Å²) in [5.41, 5.74) is 4.01. The number of aryl methyl sites for hydroxylation is 2. The van der Waals surface area contributed by atoms with Crippen molar-refractivity contribution in [3.63, 3.8) is 0 Å². The lowest BCUT2D eigenvalue weighted by molar-refractivity contribution is 0.0924. The predicted octanol–water partition coefficient (Wildman–Crippen LogP) is 4.31. The van der Waals surface area contributed by atoms with Gasteiger partial charge in [0.15, 0.2) is 0 Å². The summed E-state index contributed by atoms with van der Waals surface area (Å²) in [4.78, 5) is 32.9. The van der Waals surface area contributed by atoms with E-state index in [9.17, 15) is 9.59 Å². The maximum Gasteiger partial charge on any atom is 0.284 e. The molecule has 2 aliphatic heterocycles. The number of imide groups is 1. The monoisotopic (exact) mass is 372 g/mol. The zero-order valence-corrected chi connectivity index (χ0v) is 15.6. The van der Waals surface area contributed by atoms with Gasteiger partial charge in [-0.1, -0.05) is 31.5 Å². The highest BCUT2D eigenvalue weighted by molar-refractivity contribution is 7.99. The number of benzene rings is 1. The number of rotatable bonds is 3. The van der Waals surface area contributed by atoms with Crippen LogP contribution in [0.3, 0.4) is 0 Å². The number of anilines is 1. The normalized spacial score (nSPS) is 15.7. The molecule has 0 aliphatic carbocycles. The van der Waals surface area contributed by atoms with Crippen LogP contribution in [-0.2, 0) is 19.3 Å². The first-order chi connectivity index (χ1) is 12.1. The smallest absolute Gasteiger partial charge is 0.268 e. The molecule has 0 radical (unpaired) electrons. The molecule has 1 aromatic heterocycles. The number of carbonyl (C=O) groups excluding carboxylic acids is 2. The lowest BCUT2D eigenvalue weighted by atomic mass is 10.0. The van der Waals surface area contributed by atoms with Gasteiger partial charge in [0.1, 0.15) is 5.69 Å². The second-order valence-corrected chi connectivity index (χ2v) is 7.66. The van der Waals surface area contributed by atoms with Gasteiger partial charge in [0, 0.05) is 22.1 Å². The summed E-state index contributed by atoms with van der Waals surface area (Å²) in [5, 5.41) is 0.581. The average Bonchev–Trinajstić information content (AvgIpc) is 3.16. The van der Waals surface area contributed by atoms with Crippen molar-refractivity contribution in [2.24, 2.45) is 0 Å². The molecule has 0 N–H and O–H groups in total. The van der Waals surface area contributed by atoms with E-state index in [1.807, 2.05) is 32.0 Å². The Morgan fingerprint density at radius 3 is 2.72 bits per heavy atom. The molecule has 0 atom stereocenters. The van der Waals surface area contributed by atoms with E-state index in [1.54, 1.807) is 11.8 Å². The maximum atomic E-state index is 13.1. The molecule has 25 heavy (non-hydrogen) atoms. The first-order valence-electron chi connectivity index (χ1n) is 8.42. The fourth-order valence-corrected chi connectivity index (χ4v) is 4.82. The SMILES string of the molecule is CCc1ccc(Cl)c(CC)c1N1C(=O)c2cc3c(nc2C1=O)CCS3. The van der Waals surface area contributed by atoms with Crippen LogP contribution in [0.2, 0.25) is 5.02 Å². The maximum absolute atomic E-state index is 13.1. The summed E-state index contributed by atoms with van der Waals surface area (Å²) in [5.74, 6) is 0.312. The minimum absolute atomic E-state index is 0.273. The Kier molecular flexibility index (Phi) is 4.08. The summed E-state index contributed by atoms with van der Waals surface area (Å²) in [6.07, 6.45) is 2.20. The van der Waals surface area contributed by atoms with Crippen molar-refractivity contribution in [3.05, 3.63) is 51.3 Å². The molecule has 0 saturated heterocycles. The number of carbonyl (C=O) groups is 2. The van der Waals surface area contributed by atoms with Crippen LogP contribution in [-0.4, -0.2) is 22.6 Å². The van der Waals surface area contributed by atoms with Crippen molar-refractivity contribution >= 4 is 40.9 Å². The standard InChI is InChI=1S/C19H17ClN2O2S/c1-3-10-5-6-13(20)11(4-2)17(10)22-18(23)12-9-15-14(7-8-25-15)21-16(12)19(22)24/h5-6,9H,3-4,7-8H2,1-2H3. The molecule has 3 heterocycles. The number of aromatic nitrogens is 1. The number of nitrogens with zero attached hydrogens (tertiary/aromatic N) is 2. The Morgan fingerprint density at radius 2 is 2.00 bits per heavy atom. The topological polar surface area (TPSA) is 50.3 Å². The number of hydrogen-bond acceptors (Lipinski definition) is 4. The van der Waals surface area contributed by atoms with Crippen LogP contribution < -0.4 is 4.90 Å². The molecule has 2 amide bonds. The van der Waals surface area contributed by atoms with Gasteiger partial charge in [-0.2, -0.15) is 0 Å². The Bertz CT molecular complexity index is 883. The van der Waals surface area contributed by atoms with Crippen molar-refractivity contribution in [2.45, 2.75) is 38.0 Å². The molecule has 2 aromatic rings. The van der Waals surface area contributed by atoms with Gasteiger partial charge in [0.25, 0.3) is 11.8 Å². The molecular formula is C19H17ClN2O2S. The first-order valence-corrected chi connectivity index (χ1v) is 9.78. The van der Waals surface area contributed by atoms with E-state index in [2.05, 4.69) is 4.98 Å². The molecule has 0 bridgehead atoms. The lowest BCUT2D eigenvalue weighted by Crippen LogP contribution is -2.31. The van der Waals surface area contributed by atoms with E-state index in [4.69, 9.17) is 11.6 Å². The van der Waals surface area contributed by atoms with E-state index in [1.165, 1.54) is 4.90 Å². The molecule has 4 rings (SSSR count). The Hall–Kier alpha value is -1.85. The van der Waals surface area contributed by atoms with Gasteiger partial charge in [0.2, 0.25) is 0 Å². The first kappa shape index (κ1) is 16.6. The van der Waals surface area contributed by atoms with Crippen LogP contribution >= 0.6 is 23.4 Å².